The number of hydrogen-bond acceptors (Lipinski definition) is 3. The first-order valence-electron chi connectivity index (χ1n) is 7.23. The van der Waals surface area contributed by atoms with E-state index >= 15 is 0 Å². The van der Waals surface area contributed by atoms with E-state index in [0.29, 0.717) is 5.56 Å². The van der Waals surface area contributed by atoms with E-state index in [4.69, 9.17) is 10.5 Å². The molecule has 3 N–H and O–H groups in total. The molecule has 0 aliphatic rings. The van der Waals surface area contributed by atoms with Crippen molar-refractivity contribution in [3.8, 4) is 11.5 Å². The Morgan fingerprint density at radius 2 is 1.92 bits per heavy atom. The number of anilines is 1. The van der Waals surface area contributed by atoms with Gasteiger partial charge in [0.2, 0.25) is 0 Å². The molecule has 0 aliphatic carbocycles. The lowest BCUT2D eigenvalue weighted by Crippen LogP contribution is -2.22. The Balaban J connectivity index is 2.07. The number of aryl methyl sites for hydroxylation is 1. The van der Waals surface area contributed by atoms with Crippen molar-refractivity contribution >= 4 is 11.6 Å². The number of methoxy groups -OCH3 is 1. The minimum Gasteiger partial charge on any atom is -0.497 e. The van der Waals surface area contributed by atoms with Crippen LogP contribution in [0.3, 0.4) is 0 Å². The zero-order valence-corrected chi connectivity index (χ0v) is 13.4. The molecule has 24 heavy (non-hydrogen) atoms. The van der Waals surface area contributed by atoms with Crippen LogP contribution in [0.25, 0.3) is 0 Å². The standard InChI is InChI=1S/C17H19F2N3O2/c1-11-3-8-15(24-16(18)19)12(9-11)10-21-17(20)22-13-4-6-14(23-2)7-5-13/h3-9,16H,10H2,1-2H3,(H3,20,21,22). The Bertz CT molecular complexity index is 703. The molecule has 7 heteroatoms. The lowest BCUT2D eigenvalue weighted by Gasteiger charge is -2.11. The van der Waals surface area contributed by atoms with Crippen molar-refractivity contribution in [2.24, 2.45) is 10.7 Å². The zero-order chi connectivity index (χ0) is 17.5. The van der Waals surface area contributed by atoms with Crippen LogP contribution in [0.4, 0.5) is 14.5 Å². The summed E-state index contributed by atoms with van der Waals surface area (Å²) in [6, 6.07) is 12.1. The quantitative estimate of drug-likeness (QED) is 0.626. The molecule has 0 radical (unpaired) electrons. The number of ether oxygens (including phenoxy) is 2. The molecule has 0 saturated heterocycles. The van der Waals surface area contributed by atoms with Crippen LogP contribution < -0.4 is 20.5 Å². The zero-order valence-electron chi connectivity index (χ0n) is 13.4. The number of nitrogens with zero attached hydrogens (tertiary/aromatic N) is 1. The van der Waals surface area contributed by atoms with Gasteiger partial charge in [-0.15, -0.1) is 0 Å². The second-order valence-electron chi connectivity index (χ2n) is 5.04. The summed E-state index contributed by atoms with van der Waals surface area (Å²) in [6.45, 7) is -0.901. The normalized spacial score (nSPS) is 11.5. The maximum atomic E-state index is 12.4. The molecule has 2 aromatic carbocycles. The van der Waals surface area contributed by atoms with E-state index in [9.17, 15) is 8.78 Å². The predicted molar refractivity (Wildman–Crippen MR) is 89.8 cm³/mol. The Morgan fingerprint density at radius 1 is 1.21 bits per heavy atom. The summed E-state index contributed by atoms with van der Waals surface area (Å²) in [5.74, 6) is 0.992. The van der Waals surface area contributed by atoms with Gasteiger partial charge in [-0.05, 0) is 37.3 Å². The molecule has 0 unspecified atom stereocenters. The smallest absolute Gasteiger partial charge is 0.387 e. The number of alkyl halides is 2. The van der Waals surface area contributed by atoms with Crippen molar-refractivity contribution < 1.29 is 18.3 Å². The lowest BCUT2D eigenvalue weighted by atomic mass is 10.1. The Morgan fingerprint density at radius 3 is 2.54 bits per heavy atom. The topological polar surface area (TPSA) is 68.9 Å². The molecule has 0 bridgehead atoms. The fourth-order valence-electron chi connectivity index (χ4n) is 2.07. The first-order valence-corrected chi connectivity index (χ1v) is 7.23. The van der Waals surface area contributed by atoms with Gasteiger partial charge in [-0.1, -0.05) is 17.7 Å². The number of hydrogen-bond donors (Lipinski definition) is 2. The summed E-state index contributed by atoms with van der Waals surface area (Å²) in [5.41, 5.74) is 8.03. The molecule has 0 saturated carbocycles. The number of guanidine groups is 1. The van der Waals surface area contributed by atoms with Crippen molar-refractivity contribution in [1.82, 2.24) is 0 Å². The average Bonchev–Trinajstić information content (AvgIpc) is 2.55. The fourth-order valence-corrected chi connectivity index (χ4v) is 2.07. The first kappa shape index (κ1) is 17.5. The highest BCUT2D eigenvalue weighted by molar-refractivity contribution is 5.92. The van der Waals surface area contributed by atoms with Crippen molar-refractivity contribution in [3.63, 3.8) is 0 Å². The molecule has 0 aromatic heterocycles. The van der Waals surface area contributed by atoms with E-state index in [2.05, 4.69) is 15.0 Å². The predicted octanol–water partition coefficient (Wildman–Crippen LogP) is 3.53. The SMILES string of the molecule is COc1ccc(NC(N)=NCc2cc(C)ccc2OC(F)F)cc1. The maximum Gasteiger partial charge on any atom is 0.387 e. The third-order valence-electron chi connectivity index (χ3n) is 3.21. The highest BCUT2D eigenvalue weighted by Gasteiger charge is 2.09. The van der Waals surface area contributed by atoms with E-state index in [1.165, 1.54) is 6.07 Å². The third kappa shape index (κ3) is 5.12. The van der Waals surface area contributed by atoms with Gasteiger partial charge < -0.3 is 20.5 Å². The van der Waals surface area contributed by atoms with Crippen molar-refractivity contribution in [1.29, 1.82) is 0 Å². The van der Waals surface area contributed by atoms with Gasteiger partial charge in [-0.25, -0.2) is 4.99 Å². The average molecular weight is 335 g/mol. The van der Waals surface area contributed by atoms with Crippen LogP contribution in [-0.2, 0) is 6.54 Å². The van der Waals surface area contributed by atoms with Gasteiger partial charge in [-0.3, -0.25) is 0 Å². The van der Waals surface area contributed by atoms with E-state index < -0.39 is 6.61 Å². The second kappa shape index (κ2) is 8.14. The van der Waals surface area contributed by atoms with Crippen molar-refractivity contribution in [2.75, 3.05) is 12.4 Å². The summed E-state index contributed by atoms with van der Waals surface area (Å²) < 4.78 is 34.5. The van der Waals surface area contributed by atoms with E-state index in [1.54, 1.807) is 43.5 Å². The number of nitrogens with two attached hydrogens (primary N) is 1. The number of rotatable bonds is 6. The molecule has 0 atom stereocenters. The highest BCUT2D eigenvalue weighted by Crippen LogP contribution is 2.23. The molecule has 2 aromatic rings. The van der Waals surface area contributed by atoms with Gasteiger partial charge in [0.1, 0.15) is 11.5 Å². The molecule has 0 amide bonds. The van der Waals surface area contributed by atoms with Crippen molar-refractivity contribution in [2.45, 2.75) is 20.1 Å². The molecule has 2 rings (SSSR count). The summed E-state index contributed by atoms with van der Waals surface area (Å²) in [6.07, 6.45) is 0. The molecular formula is C17H19F2N3O2. The molecule has 5 nitrogen and oxygen atoms in total. The molecular weight excluding hydrogens is 316 g/mol. The van der Waals surface area contributed by atoms with E-state index in [0.717, 1.165) is 17.0 Å². The maximum absolute atomic E-state index is 12.4. The Kier molecular flexibility index (Phi) is 5.95. The minimum atomic E-state index is -2.88. The summed E-state index contributed by atoms with van der Waals surface area (Å²) in [5, 5.41) is 2.92. The number of nitrogens with one attached hydrogen (secondary N) is 1. The number of benzene rings is 2. The van der Waals surface area contributed by atoms with Crippen LogP contribution in [0.15, 0.2) is 47.5 Å². The van der Waals surface area contributed by atoms with Crippen LogP contribution in [0.1, 0.15) is 11.1 Å². The van der Waals surface area contributed by atoms with Crippen molar-refractivity contribution in [3.05, 3.63) is 53.6 Å². The van der Waals surface area contributed by atoms with Crippen LogP contribution in [0.2, 0.25) is 0 Å². The van der Waals surface area contributed by atoms with Crippen LogP contribution in [0.5, 0.6) is 11.5 Å². The third-order valence-corrected chi connectivity index (χ3v) is 3.21. The van der Waals surface area contributed by atoms with Gasteiger partial charge in [-0.2, -0.15) is 8.78 Å². The number of aliphatic imine (C=N–C) groups is 1. The minimum absolute atomic E-state index is 0.0941. The van der Waals surface area contributed by atoms with E-state index in [-0.39, 0.29) is 18.3 Å². The second-order valence-corrected chi connectivity index (χ2v) is 5.04. The van der Waals surface area contributed by atoms with Gasteiger partial charge in [0, 0.05) is 11.3 Å². The summed E-state index contributed by atoms with van der Waals surface area (Å²) in [7, 11) is 1.58. The molecule has 0 aliphatic heterocycles. The van der Waals surface area contributed by atoms with Crippen LogP contribution >= 0.6 is 0 Å². The van der Waals surface area contributed by atoms with Gasteiger partial charge in [0.15, 0.2) is 5.96 Å². The largest absolute Gasteiger partial charge is 0.497 e. The van der Waals surface area contributed by atoms with E-state index in [1.807, 2.05) is 6.92 Å². The van der Waals surface area contributed by atoms with Crippen LogP contribution in [0, 0.1) is 6.92 Å². The molecule has 0 fully saturated rings. The summed E-state index contributed by atoms with van der Waals surface area (Å²) in [4.78, 5) is 4.17. The Hall–Kier alpha value is -2.83. The summed E-state index contributed by atoms with van der Waals surface area (Å²) >= 11 is 0. The highest BCUT2D eigenvalue weighted by atomic mass is 19.3. The van der Waals surface area contributed by atoms with Gasteiger partial charge in [0.05, 0.1) is 13.7 Å². The lowest BCUT2D eigenvalue weighted by molar-refractivity contribution is -0.0504. The van der Waals surface area contributed by atoms with Gasteiger partial charge in [0.25, 0.3) is 0 Å². The molecule has 0 heterocycles. The van der Waals surface area contributed by atoms with Crippen LogP contribution in [-0.4, -0.2) is 19.7 Å². The monoisotopic (exact) mass is 335 g/mol. The first-order chi connectivity index (χ1) is 11.5. The fraction of sp³-hybridized carbons (Fsp3) is 0.235. The van der Waals surface area contributed by atoms with Gasteiger partial charge >= 0.3 is 6.61 Å². The molecule has 0 spiro atoms. The molecule has 128 valence electrons. The Labute approximate surface area is 139 Å². The number of halogens is 2.